The molecule has 0 bridgehead atoms. The van der Waals surface area contributed by atoms with Gasteiger partial charge in [0.05, 0.1) is 30.4 Å². The third kappa shape index (κ3) is 5.33. The summed E-state index contributed by atoms with van der Waals surface area (Å²) in [6, 6.07) is 0. The Hall–Kier alpha value is -1.36. The minimum absolute atomic E-state index is 0.00558. The van der Waals surface area contributed by atoms with Gasteiger partial charge >= 0.3 is 0 Å². The van der Waals surface area contributed by atoms with Crippen LogP contribution in [-0.2, 0) is 23.7 Å². The van der Waals surface area contributed by atoms with Crippen molar-refractivity contribution < 1.29 is 23.7 Å². The lowest BCUT2D eigenvalue weighted by Gasteiger charge is -2.36. The lowest BCUT2D eigenvalue weighted by molar-refractivity contribution is -0.130. The van der Waals surface area contributed by atoms with Crippen LogP contribution in [0, 0.1) is 5.92 Å². The first kappa shape index (κ1) is 19.0. The molecule has 0 aromatic carbocycles. The molecule has 0 N–H and O–H groups in total. The first-order valence-electron chi connectivity index (χ1n) is 7.97. The van der Waals surface area contributed by atoms with Crippen molar-refractivity contribution in [2.24, 2.45) is 5.92 Å². The maximum absolute atomic E-state index is 12.4. The molecule has 0 aromatic rings. The fourth-order valence-electron chi connectivity index (χ4n) is 2.40. The zero-order valence-corrected chi connectivity index (χ0v) is 14.6. The summed E-state index contributed by atoms with van der Waals surface area (Å²) in [7, 11) is 1.65. The van der Waals surface area contributed by atoms with E-state index in [1.54, 1.807) is 19.3 Å². The first-order valence-corrected chi connectivity index (χ1v) is 8.35. The molecule has 1 unspecified atom stereocenters. The third-order valence-electron chi connectivity index (χ3n) is 3.84. The van der Waals surface area contributed by atoms with E-state index in [0.29, 0.717) is 49.2 Å². The Labute approximate surface area is 147 Å². The van der Waals surface area contributed by atoms with Gasteiger partial charge in [0.1, 0.15) is 11.9 Å². The van der Waals surface area contributed by atoms with Crippen LogP contribution in [0.15, 0.2) is 40.8 Å². The molecule has 2 aliphatic rings. The number of hydrogen-bond donors (Lipinski definition) is 0. The van der Waals surface area contributed by atoms with Crippen molar-refractivity contribution in [2.45, 2.75) is 18.9 Å². The molecule has 5 nitrogen and oxygen atoms in total. The van der Waals surface area contributed by atoms with Crippen molar-refractivity contribution in [3.8, 4) is 0 Å². The van der Waals surface area contributed by atoms with Gasteiger partial charge in [-0.1, -0.05) is 18.2 Å². The molecule has 6 heteroatoms. The minimum Gasteiger partial charge on any atom is -0.489 e. The first-order chi connectivity index (χ1) is 11.7. The van der Waals surface area contributed by atoms with Crippen LogP contribution in [0.25, 0.3) is 0 Å². The molecule has 1 fully saturated rings. The van der Waals surface area contributed by atoms with Gasteiger partial charge in [0, 0.05) is 32.7 Å². The highest BCUT2D eigenvalue weighted by Crippen LogP contribution is 2.30. The molecule has 2 heterocycles. The molecule has 0 radical (unpaired) electrons. The van der Waals surface area contributed by atoms with Gasteiger partial charge in [-0.3, -0.25) is 4.79 Å². The van der Waals surface area contributed by atoms with Crippen molar-refractivity contribution >= 4 is 17.4 Å². The lowest BCUT2D eigenvalue weighted by Crippen LogP contribution is -2.42. The Morgan fingerprint density at radius 1 is 1.46 bits per heavy atom. The molecule has 0 amide bonds. The lowest BCUT2D eigenvalue weighted by atomic mass is 9.91. The second kappa shape index (κ2) is 9.82. The summed E-state index contributed by atoms with van der Waals surface area (Å²) < 4.78 is 21.4. The average molecular weight is 355 g/mol. The van der Waals surface area contributed by atoms with E-state index >= 15 is 0 Å². The maximum Gasteiger partial charge on any atom is 0.170 e. The van der Waals surface area contributed by atoms with Crippen LogP contribution >= 0.6 is 11.6 Å². The molecular formula is C18H23ClO5. The molecular weight excluding hydrogens is 332 g/mol. The van der Waals surface area contributed by atoms with E-state index in [1.165, 1.54) is 0 Å². The number of halogens is 1. The van der Waals surface area contributed by atoms with Crippen molar-refractivity contribution in [1.82, 2.24) is 0 Å². The topological polar surface area (TPSA) is 54.0 Å². The predicted octanol–water partition coefficient (Wildman–Crippen LogP) is 2.76. The van der Waals surface area contributed by atoms with Gasteiger partial charge in [-0.15, -0.1) is 5.73 Å². The molecule has 0 spiro atoms. The second-order valence-corrected chi connectivity index (χ2v) is 6.11. The number of rotatable bonds is 9. The van der Waals surface area contributed by atoms with E-state index < -0.39 is 0 Å². The summed E-state index contributed by atoms with van der Waals surface area (Å²) in [5.74, 6) is 0.751. The van der Waals surface area contributed by atoms with Crippen molar-refractivity contribution in [1.29, 1.82) is 0 Å². The smallest absolute Gasteiger partial charge is 0.170 e. The summed E-state index contributed by atoms with van der Waals surface area (Å²) in [6.45, 7) is 6.44. The highest BCUT2D eigenvalue weighted by molar-refractivity contribution is 6.29. The van der Waals surface area contributed by atoms with Gasteiger partial charge in [0.15, 0.2) is 5.78 Å². The van der Waals surface area contributed by atoms with Gasteiger partial charge < -0.3 is 18.9 Å². The minimum atomic E-state index is -0.139. The Kier molecular flexibility index (Phi) is 7.76. The number of carbonyl (C=O) groups excluding carboxylic acids is 1. The van der Waals surface area contributed by atoms with Crippen molar-refractivity contribution in [2.75, 3.05) is 40.1 Å². The number of hydrogen-bond acceptors (Lipinski definition) is 5. The normalized spacial score (nSPS) is 20.9. The molecule has 0 saturated carbocycles. The van der Waals surface area contributed by atoms with Crippen LogP contribution in [0.4, 0.5) is 0 Å². The summed E-state index contributed by atoms with van der Waals surface area (Å²) in [6.07, 6.45) is 4.10. The Balaban J connectivity index is 1.97. The van der Waals surface area contributed by atoms with E-state index in [2.05, 4.69) is 12.3 Å². The highest BCUT2D eigenvalue weighted by atomic mass is 35.5. The van der Waals surface area contributed by atoms with E-state index in [0.717, 1.165) is 6.42 Å². The van der Waals surface area contributed by atoms with Gasteiger partial charge in [0.2, 0.25) is 0 Å². The quantitative estimate of drug-likeness (QED) is 0.471. The summed E-state index contributed by atoms with van der Waals surface area (Å²) in [5.41, 5.74) is 3.32. The number of carbonyl (C=O) groups is 1. The monoisotopic (exact) mass is 354 g/mol. The zero-order chi connectivity index (χ0) is 17.4. The van der Waals surface area contributed by atoms with Crippen LogP contribution in [0.3, 0.4) is 0 Å². The van der Waals surface area contributed by atoms with Crippen molar-refractivity contribution in [3.63, 3.8) is 0 Å². The van der Waals surface area contributed by atoms with Crippen LogP contribution in [0.1, 0.15) is 12.8 Å². The summed E-state index contributed by atoms with van der Waals surface area (Å²) in [5, 5.41) is 0.394. The van der Waals surface area contributed by atoms with E-state index in [-0.39, 0.29) is 24.4 Å². The molecule has 0 aliphatic carbocycles. The predicted molar refractivity (Wildman–Crippen MR) is 90.8 cm³/mol. The number of methoxy groups -OCH3 is 1. The summed E-state index contributed by atoms with van der Waals surface area (Å²) >= 11 is 6.06. The molecule has 0 aromatic heterocycles. The second-order valence-electron chi connectivity index (χ2n) is 5.66. The standard InChI is InChI=1S/C18H23ClO5/c1-3-17-15(6-5-14(19)12-22-8-4-7-21-2)16(20)9-18(24-17)13-10-23-11-13/h3,6,13,18H,1,4,7-12H2,2H3. The Bertz CT molecular complexity index is 556. The number of ketones is 1. The van der Waals surface area contributed by atoms with E-state index in [4.69, 9.17) is 30.5 Å². The fraction of sp³-hybridized carbons (Fsp3) is 0.556. The van der Waals surface area contributed by atoms with Crippen LogP contribution in [0.5, 0.6) is 0 Å². The molecule has 132 valence electrons. The van der Waals surface area contributed by atoms with Crippen LogP contribution < -0.4 is 0 Å². The Morgan fingerprint density at radius 3 is 2.88 bits per heavy atom. The maximum atomic E-state index is 12.4. The molecule has 1 saturated heterocycles. The molecule has 2 aliphatic heterocycles. The number of ether oxygens (including phenoxy) is 4. The van der Waals surface area contributed by atoms with Gasteiger partial charge in [-0.05, 0) is 18.6 Å². The van der Waals surface area contributed by atoms with Gasteiger partial charge in [-0.2, -0.15) is 0 Å². The zero-order valence-electron chi connectivity index (χ0n) is 13.9. The van der Waals surface area contributed by atoms with Crippen molar-refractivity contribution in [3.05, 3.63) is 40.8 Å². The van der Waals surface area contributed by atoms with Crippen LogP contribution in [-0.4, -0.2) is 52.0 Å². The molecule has 24 heavy (non-hydrogen) atoms. The summed E-state index contributed by atoms with van der Waals surface area (Å²) in [4.78, 5) is 12.4. The molecule has 2 rings (SSSR count). The van der Waals surface area contributed by atoms with E-state index in [9.17, 15) is 4.79 Å². The largest absolute Gasteiger partial charge is 0.489 e. The van der Waals surface area contributed by atoms with E-state index in [1.807, 2.05) is 0 Å². The SMILES string of the molecule is C=CC1=C(C=C=C(Cl)COCCCOC)C(=O)CC(C2COC2)O1. The Morgan fingerprint density at radius 2 is 2.25 bits per heavy atom. The third-order valence-corrected chi connectivity index (χ3v) is 4.06. The number of allylic oxidation sites excluding steroid dienone is 2. The average Bonchev–Trinajstić information content (AvgIpc) is 2.51. The van der Waals surface area contributed by atoms with Gasteiger partial charge in [0.25, 0.3) is 0 Å². The fourth-order valence-corrected chi connectivity index (χ4v) is 2.53. The number of Topliss-reactive ketones (excluding diaryl/α,β-unsaturated/α-hetero) is 1. The van der Waals surface area contributed by atoms with Crippen LogP contribution in [0.2, 0.25) is 0 Å². The highest BCUT2D eigenvalue weighted by Gasteiger charge is 2.36. The van der Waals surface area contributed by atoms with Gasteiger partial charge in [-0.25, -0.2) is 0 Å². The molecule has 1 atom stereocenters.